The van der Waals surface area contributed by atoms with E-state index in [0.717, 1.165) is 19.4 Å². The Labute approximate surface area is 88.8 Å². The maximum absolute atomic E-state index is 6.11. The summed E-state index contributed by atoms with van der Waals surface area (Å²) < 4.78 is 5.67. The molecule has 6 nitrogen and oxygen atoms in total. The van der Waals surface area contributed by atoms with Gasteiger partial charge in [0.05, 0.1) is 12.6 Å². The second kappa shape index (κ2) is 3.86. The fourth-order valence-electron chi connectivity index (χ4n) is 1.91. The summed E-state index contributed by atoms with van der Waals surface area (Å²) >= 11 is 0. The number of nitrogens with zero attached hydrogens (tertiary/aromatic N) is 4. The summed E-state index contributed by atoms with van der Waals surface area (Å²) in [6.07, 6.45) is 2.71. The molecular weight excluding hydrogens is 194 g/mol. The standard InChI is InChI=1S/C9H17N5O/c1-9(4-3-5-15-9)7(10)6-8-11-13-14(2)12-8/h7H,3-6,10H2,1-2H3. The molecule has 2 unspecified atom stereocenters. The highest BCUT2D eigenvalue weighted by Crippen LogP contribution is 2.28. The highest BCUT2D eigenvalue weighted by Gasteiger charge is 2.36. The zero-order valence-electron chi connectivity index (χ0n) is 9.18. The van der Waals surface area contributed by atoms with Crippen molar-refractivity contribution in [2.75, 3.05) is 6.61 Å². The van der Waals surface area contributed by atoms with Crippen molar-refractivity contribution in [1.29, 1.82) is 0 Å². The highest BCUT2D eigenvalue weighted by atomic mass is 16.5. The zero-order valence-corrected chi connectivity index (χ0v) is 9.18. The van der Waals surface area contributed by atoms with Crippen LogP contribution >= 0.6 is 0 Å². The first kappa shape index (κ1) is 10.5. The molecule has 1 aliphatic rings. The first-order chi connectivity index (χ1) is 7.10. The van der Waals surface area contributed by atoms with Crippen molar-refractivity contribution in [2.24, 2.45) is 12.8 Å². The van der Waals surface area contributed by atoms with E-state index in [2.05, 4.69) is 22.3 Å². The van der Waals surface area contributed by atoms with Gasteiger partial charge in [-0.3, -0.25) is 0 Å². The Morgan fingerprint density at radius 2 is 2.47 bits per heavy atom. The Hall–Kier alpha value is -1.01. The number of hydrogen-bond acceptors (Lipinski definition) is 5. The summed E-state index contributed by atoms with van der Waals surface area (Å²) in [5.74, 6) is 0.682. The lowest BCUT2D eigenvalue weighted by Gasteiger charge is -2.29. The summed E-state index contributed by atoms with van der Waals surface area (Å²) in [7, 11) is 1.75. The van der Waals surface area contributed by atoms with Crippen molar-refractivity contribution >= 4 is 0 Å². The van der Waals surface area contributed by atoms with E-state index in [9.17, 15) is 0 Å². The van der Waals surface area contributed by atoms with Gasteiger partial charge in [0.25, 0.3) is 0 Å². The molecule has 0 amide bonds. The van der Waals surface area contributed by atoms with Crippen LogP contribution < -0.4 is 5.73 Å². The van der Waals surface area contributed by atoms with Crippen LogP contribution in [0.5, 0.6) is 0 Å². The molecule has 2 heterocycles. The molecule has 0 bridgehead atoms. The summed E-state index contributed by atoms with van der Waals surface area (Å²) in [6, 6.07) is -0.0656. The number of aromatic nitrogens is 4. The lowest BCUT2D eigenvalue weighted by molar-refractivity contribution is -0.00137. The van der Waals surface area contributed by atoms with E-state index in [1.54, 1.807) is 7.05 Å². The van der Waals surface area contributed by atoms with Gasteiger partial charge in [-0.05, 0) is 25.0 Å². The maximum atomic E-state index is 6.11. The Morgan fingerprint density at radius 3 is 3.00 bits per heavy atom. The first-order valence-electron chi connectivity index (χ1n) is 5.22. The quantitative estimate of drug-likeness (QED) is 0.739. The topological polar surface area (TPSA) is 78.9 Å². The average molecular weight is 211 g/mol. The van der Waals surface area contributed by atoms with Crippen LogP contribution in [0.3, 0.4) is 0 Å². The molecule has 1 aromatic heterocycles. The summed E-state index contributed by atoms with van der Waals surface area (Å²) in [5, 5.41) is 11.8. The Morgan fingerprint density at radius 1 is 1.67 bits per heavy atom. The van der Waals surface area contributed by atoms with Gasteiger partial charge in [0, 0.05) is 19.1 Å². The molecular formula is C9H17N5O. The smallest absolute Gasteiger partial charge is 0.176 e. The van der Waals surface area contributed by atoms with E-state index in [0.29, 0.717) is 12.2 Å². The van der Waals surface area contributed by atoms with E-state index in [4.69, 9.17) is 10.5 Å². The van der Waals surface area contributed by atoms with Gasteiger partial charge in [0.15, 0.2) is 5.82 Å². The van der Waals surface area contributed by atoms with Crippen molar-refractivity contribution in [3.8, 4) is 0 Å². The van der Waals surface area contributed by atoms with Crippen LogP contribution in [0.4, 0.5) is 0 Å². The number of ether oxygens (including phenoxy) is 1. The molecule has 0 saturated carbocycles. The van der Waals surface area contributed by atoms with Gasteiger partial charge in [-0.2, -0.15) is 4.80 Å². The molecule has 0 radical (unpaired) electrons. The minimum absolute atomic E-state index is 0.0656. The summed E-state index contributed by atoms with van der Waals surface area (Å²) in [5.41, 5.74) is 5.89. The molecule has 2 rings (SSSR count). The number of rotatable bonds is 3. The predicted molar refractivity (Wildman–Crippen MR) is 54.1 cm³/mol. The van der Waals surface area contributed by atoms with Gasteiger partial charge >= 0.3 is 0 Å². The monoisotopic (exact) mass is 211 g/mol. The first-order valence-corrected chi connectivity index (χ1v) is 5.22. The van der Waals surface area contributed by atoms with Crippen LogP contribution in [0, 0.1) is 0 Å². The van der Waals surface area contributed by atoms with Crippen LogP contribution in [-0.2, 0) is 18.2 Å². The molecule has 6 heteroatoms. The third kappa shape index (κ3) is 2.15. The molecule has 2 N–H and O–H groups in total. The molecule has 1 fully saturated rings. The van der Waals surface area contributed by atoms with E-state index in [-0.39, 0.29) is 11.6 Å². The van der Waals surface area contributed by atoms with E-state index < -0.39 is 0 Å². The van der Waals surface area contributed by atoms with E-state index in [1.165, 1.54) is 4.80 Å². The molecule has 15 heavy (non-hydrogen) atoms. The fraction of sp³-hybridized carbons (Fsp3) is 0.889. The SMILES string of the molecule is Cn1nnc(CC(N)C2(C)CCCO2)n1. The highest BCUT2D eigenvalue weighted by molar-refractivity contribution is 4.96. The van der Waals surface area contributed by atoms with Crippen LogP contribution in [0.15, 0.2) is 0 Å². The van der Waals surface area contributed by atoms with Crippen molar-refractivity contribution in [1.82, 2.24) is 20.2 Å². The lowest BCUT2D eigenvalue weighted by Crippen LogP contribution is -2.46. The van der Waals surface area contributed by atoms with Crippen LogP contribution in [0.2, 0.25) is 0 Å². The number of nitrogens with two attached hydrogens (primary N) is 1. The molecule has 0 spiro atoms. The van der Waals surface area contributed by atoms with Crippen molar-refractivity contribution in [3.63, 3.8) is 0 Å². The molecule has 0 aromatic carbocycles. The predicted octanol–water partition coefficient (Wildman–Crippen LogP) is -0.351. The van der Waals surface area contributed by atoms with Gasteiger partial charge in [0.1, 0.15) is 0 Å². The minimum Gasteiger partial charge on any atom is -0.374 e. The summed E-state index contributed by atoms with van der Waals surface area (Å²) in [6.45, 7) is 2.86. The third-order valence-corrected chi connectivity index (χ3v) is 2.99. The van der Waals surface area contributed by atoms with Gasteiger partial charge in [-0.25, -0.2) is 0 Å². The van der Waals surface area contributed by atoms with Gasteiger partial charge in [-0.15, -0.1) is 10.2 Å². The van der Waals surface area contributed by atoms with Gasteiger partial charge < -0.3 is 10.5 Å². The van der Waals surface area contributed by atoms with Crippen LogP contribution in [0.25, 0.3) is 0 Å². The largest absolute Gasteiger partial charge is 0.374 e. The number of tetrazole rings is 1. The van der Waals surface area contributed by atoms with Crippen LogP contribution in [-0.4, -0.2) is 38.5 Å². The second-order valence-electron chi connectivity index (χ2n) is 4.27. The minimum atomic E-state index is -0.223. The van der Waals surface area contributed by atoms with E-state index in [1.807, 2.05) is 0 Å². The average Bonchev–Trinajstić information content (AvgIpc) is 2.76. The van der Waals surface area contributed by atoms with Crippen molar-refractivity contribution in [3.05, 3.63) is 5.82 Å². The third-order valence-electron chi connectivity index (χ3n) is 2.99. The Bertz CT molecular complexity index is 331. The maximum Gasteiger partial charge on any atom is 0.176 e. The molecule has 2 atom stereocenters. The molecule has 1 aromatic rings. The van der Waals surface area contributed by atoms with Gasteiger partial charge in [-0.1, -0.05) is 0 Å². The van der Waals surface area contributed by atoms with Crippen molar-refractivity contribution < 1.29 is 4.74 Å². The molecule has 1 aliphatic heterocycles. The van der Waals surface area contributed by atoms with Crippen LogP contribution in [0.1, 0.15) is 25.6 Å². The fourth-order valence-corrected chi connectivity index (χ4v) is 1.91. The number of aryl methyl sites for hydroxylation is 1. The Kier molecular flexibility index (Phi) is 2.70. The van der Waals surface area contributed by atoms with E-state index >= 15 is 0 Å². The van der Waals surface area contributed by atoms with Gasteiger partial charge in [0.2, 0.25) is 0 Å². The second-order valence-corrected chi connectivity index (χ2v) is 4.27. The molecule has 84 valence electrons. The zero-order chi connectivity index (χ0) is 10.9. The number of hydrogen-bond donors (Lipinski definition) is 1. The molecule has 1 saturated heterocycles. The summed E-state index contributed by atoms with van der Waals surface area (Å²) in [4.78, 5) is 1.44. The molecule has 0 aliphatic carbocycles. The lowest BCUT2D eigenvalue weighted by atomic mass is 9.91. The van der Waals surface area contributed by atoms with Crippen molar-refractivity contribution in [2.45, 2.75) is 37.8 Å². The Balaban J connectivity index is 1.99. The normalized spacial score (nSPS) is 28.2.